The van der Waals surface area contributed by atoms with Crippen molar-refractivity contribution in [2.24, 2.45) is 0 Å². The molecule has 0 unspecified atom stereocenters. The van der Waals surface area contributed by atoms with Crippen molar-refractivity contribution >= 4 is 54.6 Å². The highest BCUT2D eigenvalue weighted by Gasteiger charge is 2.19. The van der Waals surface area contributed by atoms with Crippen molar-refractivity contribution < 1.29 is 8.83 Å². The van der Waals surface area contributed by atoms with E-state index in [4.69, 9.17) is 23.8 Å². The van der Waals surface area contributed by atoms with E-state index in [1.165, 1.54) is 0 Å². The number of hydrogen-bond acceptors (Lipinski definition) is 6. The molecule has 0 spiro atoms. The molecule has 6 nitrogen and oxygen atoms in total. The number of nitrogens with zero attached hydrogens (tertiary/aromatic N) is 4. The van der Waals surface area contributed by atoms with Gasteiger partial charge in [-0.25, -0.2) is 15.0 Å². The molecule has 48 heavy (non-hydrogen) atoms. The van der Waals surface area contributed by atoms with Crippen LogP contribution in [0.25, 0.3) is 99.9 Å². The predicted molar refractivity (Wildman–Crippen MR) is 191 cm³/mol. The van der Waals surface area contributed by atoms with Crippen molar-refractivity contribution in [3.63, 3.8) is 0 Å². The second-order valence-corrected chi connectivity index (χ2v) is 11.8. The Morgan fingerprint density at radius 3 is 1.90 bits per heavy atom. The van der Waals surface area contributed by atoms with E-state index < -0.39 is 0 Å². The van der Waals surface area contributed by atoms with Crippen LogP contribution >= 0.6 is 0 Å². The first-order valence-corrected chi connectivity index (χ1v) is 15.8. The molecule has 10 aromatic rings. The molecule has 224 valence electrons. The maximum Gasteiger partial charge on any atom is 0.164 e. The number of para-hydroxylation sites is 1. The van der Waals surface area contributed by atoms with E-state index in [2.05, 4.69) is 59.6 Å². The summed E-state index contributed by atoms with van der Waals surface area (Å²) in [7, 11) is 0. The third-order valence-electron chi connectivity index (χ3n) is 9.04. The predicted octanol–water partition coefficient (Wildman–Crippen LogP) is 10.9. The zero-order valence-corrected chi connectivity index (χ0v) is 25.5. The molecule has 0 bridgehead atoms. The summed E-state index contributed by atoms with van der Waals surface area (Å²) >= 11 is 0. The molecule has 4 aromatic heterocycles. The fourth-order valence-corrected chi connectivity index (χ4v) is 6.85. The lowest BCUT2D eigenvalue weighted by atomic mass is 9.95. The quantitative estimate of drug-likeness (QED) is 0.196. The first kappa shape index (κ1) is 26.5. The second-order valence-electron chi connectivity index (χ2n) is 11.8. The lowest BCUT2D eigenvalue weighted by Gasteiger charge is -2.12. The van der Waals surface area contributed by atoms with Gasteiger partial charge in [-0.05, 0) is 52.2 Å². The fraction of sp³-hybridized carbons (Fsp3) is 0. The molecule has 6 aromatic carbocycles. The average molecular weight is 617 g/mol. The molecule has 4 heterocycles. The summed E-state index contributed by atoms with van der Waals surface area (Å²) in [4.78, 5) is 19.6. The van der Waals surface area contributed by atoms with Crippen LogP contribution in [-0.2, 0) is 0 Å². The molecule has 0 amide bonds. The number of hydrogen-bond donors (Lipinski definition) is 0. The Morgan fingerprint density at radius 2 is 1.04 bits per heavy atom. The van der Waals surface area contributed by atoms with Crippen LogP contribution in [0.3, 0.4) is 0 Å². The minimum absolute atomic E-state index is 0.594. The molecule has 0 aliphatic heterocycles. The van der Waals surface area contributed by atoms with E-state index in [0.29, 0.717) is 17.5 Å². The number of furan rings is 2. The molecule has 0 saturated heterocycles. The molecule has 10 rings (SSSR count). The van der Waals surface area contributed by atoms with Crippen molar-refractivity contribution in [2.45, 2.75) is 0 Å². The van der Waals surface area contributed by atoms with Crippen LogP contribution in [0.5, 0.6) is 0 Å². The van der Waals surface area contributed by atoms with Gasteiger partial charge in [0.1, 0.15) is 22.3 Å². The average Bonchev–Trinajstić information content (AvgIpc) is 3.73. The first-order chi connectivity index (χ1) is 23.8. The van der Waals surface area contributed by atoms with Gasteiger partial charge in [0.15, 0.2) is 17.5 Å². The van der Waals surface area contributed by atoms with Gasteiger partial charge in [-0.1, -0.05) is 103 Å². The molecule has 0 saturated carbocycles. The summed E-state index contributed by atoms with van der Waals surface area (Å²) in [6.07, 6.45) is 3.63. The topological polar surface area (TPSA) is 77.8 Å². The van der Waals surface area contributed by atoms with E-state index in [1.54, 1.807) is 6.20 Å². The highest BCUT2D eigenvalue weighted by Crippen LogP contribution is 2.40. The molecular weight excluding hydrogens is 592 g/mol. The van der Waals surface area contributed by atoms with Crippen LogP contribution in [0.15, 0.2) is 155 Å². The molecule has 0 N–H and O–H groups in total. The van der Waals surface area contributed by atoms with Crippen LogP contribution in [0.2, 0.25) is 0 Å². The Kier molecular flexibility index (Phi) is 5.77. The van der Waals surface area contributed by atoms with Crippen molar-refractivity contribution in [3.05, 3.63) is 146 Å². The Labute approximate surface area is 274 Å². The minimum Gasteiger partial charge on any atom is -0.456 e. The molecule has 0 radical (unpaired) electrons. The second kappa shape index (κ2) is 10.4. The van der Waals surface area contributed by atoms with Gasteiger partial charge in [0.05, 0.1) is 0 Å². The summed E-state index contributed by atoms with van der Waals surface area (Å²) in [6, 6.07) is 45.1. The Morgan fingerprint density at radius 1 is 0.396 bits per heavy atom. The third-order valence-corrected chi connectivity index (χ3v) is 9.04. The smallest absolute Gasteiger partial charge is 0.164 e. The normalized spacial score (nSPS) is 11.8. The van der Waals surface area contributed by atoms with Crippen molar-refractivity contribution in [1.29, 1.82) is 0 Å². The molecule has 0 fully saturated rings. The van der Waals surface area contributed by atoms with Gasteiger partial charge in [0.25, 0.3) is 0 Å². The number of fused-ring (bicyclic) bond motifs is 7. The molecule has 0 aliphatic rings. The van der Waals surface area contributed by atoms with E-state index >= 15 is 0 Å². The maximum atomic E-state index is 6.21. The highest BCUT2D eigenvalue weighted by atomic mass is 16.3. The van der Waals surface area contributed by atoms with Gasteiger partial charge in [-0.2, -0.15) is 0 Å². The zero-order valence-electron chi connectivity index (χ0n) is 25.5. The van der Waals surface area contributed by atoms with E-state index in [1.807, 2.05) is 85.1 Å². The van der Waals surface area contributed by atoms with Gasteiger partial charge in [-0.3, -0.25) is 4.98 Å². The number of aromatic nitrogens is 4. The lowest BCUT2D eigenvalue weighted by Crippen LogP contribution is -2.00. The van der Waals surface area contributed by atoms with Crippen LogP contribution in [0.1, 0.15) is 0 Å². The van der Waals surface area contributed by atoms with Crippen LogP contribution in [0.4, 0.5) is 0 Å². The van der Waals surface area contributed by atoms with Gasteiger partial charge in [-0.15, -0.1) is 0 Å². The third kappa shape index (κ3) is 4.13. The first-order valence-electron chi connectivity index (χ1n) is 15.8. The van der Waals surface area contributed by atoms with Crippen LogP contribution in [0, 0.1) is 0 Å². The Hall–Kier alpha value is -6.66. The van der Waals surface area contributed by atoms with E-state index in [9.17, 15) is 0 Å². The van der Waals surface area contributed by atoms with Crippen molar-refractivity contribution in [2.75, 3.05) is 0 Å². The Bertz CT molecular complexity index is 2850. The van der Waals surface area contributed by atoms with E-state index in [0.717, 1.165) is 82.5 Å². The van der Waals surface area contributed by atoms with Gasteiger partial charge < -0.3 is 8.83 Å². The molecule has 6 heteroatoms. The standard InChI is InChI=1S/C42H24N4O2/c1-2-9-25(10-3-1)40-44-41(46-42(45-40)32-15-8-18-37-39(32)31-12-4-5-16-34(31)47-37)30-14-6-11-26-23-27(19-20-28(26)30)29-13-7-17-36-38(29)33-24-43-22-21-35(33)48-36/h1-24H. The summed E-state index contributed by atoms with van der Waals surface area (Å²) in [5, 5.41) is 6.22. The summed E-state index contributed by atoms with van der Waals surface area (Å²) in [5.74, 6) is 1.81. The molecule has 0 aliphatic carbocycles. The van der Waals surface area contributed by atoms with Crippen LogP contribution in [-0.4, -0.2) is 19.9 Å². The number of rotatable bonds is 4. The number of benzene rings is 6. The minimum atomic E-state index is 0.594. The largest absolute Gasteiger partial charge is 0.456 e. The lowest BCUT2D eigenvalue weighted by molar-refractivity contribution is 0.668. The zero-order chi connectivity index (χ0) is 31.6. The number of pyridine rings is 1. The van der Waals surface area contributed by atoms with Crippen LogP contribution < -0.4 is 0 Å². The van der Waals surface area contributed by atoms with Gasteiger partial charge in [0, 0.05) is 50.6 Å². The fourth-order valence-electron chi connectivity index (χ4n) is 6.85. The Balaban J connectivity index is 1.18. The van der Waals surface area contributed by atoms with Crippen molar-refractivity contribution in [1.82, 2.24) is 19.9 Å². The van der Waals surface area contributed by atoms with Gasteiger partial charge in [0.2, 0.25) is 0 Å². The SMILES string of the molecule is c1ccc(-c2nc(-c3cccc4cc(-c5cccc6oc7ccncc7c56)ccc34)nc(-c3cccc4oc5ccccc5c34)n2)cc1. The molecule has 0 atom stereocenters. The van der Waals surface area contributed by atoms with E-state index in [-0.39, 0.29) is 0 Å². The van der Waals surface area contributed by atoms with Crippen molar-refractivity contribution in [3.8, 4) is 45.3 Å². The summed E-state index contributed by atoms with van der Waals surface area (Å²) in [6.45, 7) is 0. The summed E-state index contributed by atoms with van der Waals surface area (Å²) in [5.41, 5.74) is 8.24. The van der Waals surface area contributed by atoms with Gasteiger partial charge >= 0.3 is 0 Å². The summed E-state index contributed by atoms with van der Waals surface area (Å²) < 4.78 is 12.4. The molecular formula is C42H24N4O2. The highest BCUT2D eigenvalue weighted by molar-refractivity contribution is 6.13. The maximum absolute atomic E-state index is 6.21. The monoisotopic (exact) mass is 616 g/mol.